The molecule has 2 amide bonds. The van der Waals surface area contributed by atoms with Crippen molar-refractivity contribution < 1.29 is 27.1 Å². The van der Waals surface area contributed by atoms with Crippen LogP contribution in [0.15, 0.2) is 28.7 Å². The Kier molecular flexibility index (Phi) is 5.29. The van der Waals surface area contributed by atoms with Crippen LogP contribution in [0.3, 0.4) is 0 Å². The van der Waals surface area contributed by atoms with E-state index in [-0.39, 0.29) is 18.7 Å². The van der Waals surface area contributed by atoms with Gasteiger partial charge < -0.3 is 15.7 Å². The van der Waals surface area contributed by atoms with Crippen molar-refractivity contribution in [2.45, 2.75) is 42.9 Å². The molecule has 3 N–H and O–H groups in total. The van der Waals surface area contributed by atoms with Crippen molar-refractivity contribution in [2.75, 3.05) is 5.32 Å². The minimum absolute atomic E-state index is 0.181. The molecule has 0 unspecified atom stereocenters. The molecule has 6 nitrogen and oxygen atoms in total. The number of aromatic hydroxyl groups is 1. The highest BCUT2D eigenvalue weighted by atomic mass is 35.5. The number of carbonyl (C=O) groups excluding carboxylic acids is 1. The van der Waals surface area contributed by atoms with Crippen LogP contribution in [-0.4, -0.2) is 30.9 Å². The third-order valence-corrected chi connectivity index (χ3v) is 6.17. The fraction of sp³-hybridized carbons (Fsp3) is 0.400. The van der Waals surface area contributed by atoms with E-state index in [9.17, 15) is 27.1 Å². The van der Waals surface area contributed by atoms with Crippen molar-refractivity contribution in [1.82, 2.24) is 5.32 Å². The molecule has 2 rings (SSSR count). The Morgan fingerprint density at radius 2 is 2.04 bits per heavy atom. The molecule has 138 valence electrons. The Morgan fingerprint density at radius 1 is 1.40 bits per heavy atom. The molecule has 0 aliphatic heterocycles. The number of amides is 2. The van der Waals surface area contributed by atoms with E-state index < -0.39 is 36.8 Å². The maximum absolute atomic E-state index is 13.4. The average Bonchev–Trinajstić information content (AvgIpc) is 2.86. The van der Waals surface area contributed by atoms with Gasteiger partial charge in [-0.15, -0.1) is 0 Å². The summed E-state index contributed by atoms with van der Waals surface area (Å²) in [6, 6.07) is 1.25. The molecule has 0 heterocycles. The third kappa shape index (κ3) is 3.87. The molecule has 1 aliphatic rings. The van der Waals surface area contributed by atoms with Gasteiger partial charge in [0.15, 0.2) is 5.75 Å². The van der Waals surface area contributed by atoms with Crippen LogP contribution in [0.5, 0.6) is 5.75 Å². The predicted molar refractivity (Wildman–Crippen MR) is 89.9 cm³/mol. The van der Waals surface area contributed by atoms with E-state index in [0.717, 1.165) is 24.1 Å². The molecule has 0 aromatic heterocycles. The van der Waals surface area contributed by atoms with Crippen molar-refractivity contribution in [3.8, 4) is 5.75 Å². The van der Waals surface area contributed by atoms with E-state index in [1.54, 1.807) is 0 Å². The van der Waals surface area contributed by atoms with Crippen LogP contribution >= 0.6 is 11.6 Å². The summed E-state index contributed by atoms with van der Waals surface area (Å²) < 4.78 is 50.6. The van der Waals surface area contributed by atoms with Crippen LogP contribution < -0.4 is 10.6 Å². The summed E-state index contributed by atoms with van der Waals surface area (Å²) in [5.74, 6) is -1.04. The predicted octanol–water partition coefficient (Wildman–Crippen LogP) is 3.66. The number of hydrogen-bond acceptors (Lipinski definition) is 4. The standard InChI is InChI=1S/C15H17ClF2N2O4S/c1-8-4-3-5-10(8)19-14(22)20-11-7-6-9(16)13(12(11)21)25(23,24)15(2,17)18/h4,6-7,10,21H,3,5H2,1-2H3,(H2,19,20,22)/t10-/m1/s1. The first-order valence-electron chi connectivity index (χ1n) is 7.33. The first-order valence-corrected chi connectivity index (χ1v) is 9.19. The lowest BCUT2D eigenvalue weighted by molar-refractivity contribution is 0.114. The molecular formula is C15H17ClF2N2O4S. The number of halogens is 3. The maximum Gasteiger partial charge on any atom is 0.347 e. The first-order chi connectivity index (χ1) is 11.4. The number of anilines is 1. The summed E-state index contributed by atoms with van der Waals surface area (Å²) in [4.78, 5) is 10.9. The molecule has 0 saturated carbocycles. The number of carbonyl (C=O) groups is 1. The van der Waals surface area contributed by atoms with E-state index in [2.05, 4.69) is 10.6 Å². The van der Waals surface area contributed by atoms with Crippen LogP contribution in [0.1, 0.15) is 26.7 Å². The van der Waals surface area contributed by atoms with Gasteiger partial charge in [0.2, 0.25) is 9.84 Å². The summed E-state index contributed by atoms with van der Waals surface area (Å²) in [6.45, 7) is 2.03. The van der Waals surface area contributed by atoms with Crippen LogP contribution in [-0.2, 0) is 9.84 Å². The van der Waals surface area contributed by atoms with Crippen LogP contribution in [0.25, 0.3) is 0 Å². The summed E-state index contributed by atoms with van der Waals surface area (Å²) in [6.07, 6.45) is 3.50. The lowest BCUT2D eigenvalue weighted by atomic mass is 10.2. The Bertz CT molecular complexity index is 835. The van der Waals surface area contributed by atoms with Crippen LogP contribution in [0.2, 0.25) is 5.02 Å². The largest absolute Gasteiger partial charge is 0.504 e. The molecule has 25 heavy (non-hydrogen) atoms. The molecule has 0 fully saturated rings. The zero-order valence-corrected chi connectivity index (χ0v) is 15.0. The van der Waals surface area contributed by atoms with Gasteiger partial charge in [0, 0.05) is 6.92 Å². The highest BCUT2D eigenvalue weighted by Crippen LogP contribution is 2.42. The lowest BCUT2D eigenvalue weighted by Gasteiger charge is -2.18. The number of phenolic OH excluding ortho intramolecular Hbond substituents is 1. The summed E-state index contributed by atoms with van der Waals surface area (Å²) in [5, 5.41) is 10.3. The second kappa shape index (κ2) is 6.80. The van der Waals surface area contributed by atoms with E-state index in [0.29, 0.717) is 6.42 Å². The molecule has 1 atom stereocenters. The number of phenols is 1. The number of alkyl halides is 2. The van der Waals surface area contributed by atoms with Gasteiger partial charge in [0.1, 0.15) is 4.90 Å². The van der Waals surface area contributed by atoms with Gasteiger partial charge >= 0.3 is 11.3 Å². The number of urea groups is 1. The highest BCUT2D eigenvalue weighted by molar-refractivity contribution is 7.92. The monoisotopic (exact) mass is 394 g/mol. The minimum atomic E-state index is -5.22. The van der Waals surface area contributed by atoms with Gasteiger partial charge in [0.25, 0.3) is 0 Å². The van der Waals surface area contributed by atoms with Gasteiger partial charge in [-0.1, -0.05) is 23.3 Å². The Balaban J connectivity index is 2.30. The normalized spacial score (nSPS) is 18.0. The second-order valence-corrected chi connectivity index (χ2v) is 8.30. The Labute approximate surface area is 148 Å². The van der Waals surface area contributed by atoms with Gasteiger partial charge in [-0.25, -0.2) is 13.2 Å². The SMILES string of the molecule is CC1=CCC[C@H]1NC(=O)Nc1ccc(Cl)c(S(=O)(=O)C(C)(F)F)c1O. The molecule has 1 aromatic carbocycles. The summed E-state index contributed by atoms with van der Waals surface area (Å²) in [5.41, 5.74) is 0.633. The third-order valence-electron chi connectivity index (χ3n) is 3.85. The molecule has 10 heteroatoms. The van der Waals surface area contributed by atoms with Gasteiger partial charge in [-0.05, 0) is 31.9 Å². The molecule has 0 saturated heterocycles. The van der Waals surface area contributed by atoms with E-state index in [4.69, 9.17) is 11.6 Å². The Hall–Kier alpha value is -1.87. The topological polar surface area (TPSA) is 95.5 Å². The first kappa shape index (κ1) is 19.5. The van der Waals surface area contributed by atoms with Crippen molar-refractivity contribution in [1.29, 1.82) is 0 Å². The van der Waals surface area contributed by atoms with E-state index >= 15 is 0 Å². The second-order valence-electron chi connectivity index (χ2n) is 5.76. The van der Waals surface area contributed by atoms with E-state index in [1.807, 2.05) is 13.0 Å². The number of sulfone groups is 1. The fourth-order valence-corrected chi connectivity index (χ4v) is 3.94. The number of benzene rings is 1. The molecule has 1 aromatic rings. The highest BCUT2D eigenvalue weighted by Gasteiger charge is 2.44. The molecule has 0 radical (unpaired) electrons. The van der Waals surface area contributed by atoms with Gasteiger partial charge in [-0.2, -0.15) is 8.78 Å². The smallest absolute Gasteiger partial charge is 0.347 e. The zero-order chi connectivity index (χ0) is 19.0. The van der Waals surface area contributed by atoms with Crippen molar-refractivity contribution in [3.63, 3.8) is 0 Å². The molecular weight excluding hydrogens is 378 g/mol. The number of rotatable bonds is 4. The zero-order valence-electron chi connectivity index (χ0n) is 13.4. The number of hydrogen-bond donors (Lipinski definition) is 3. The lowest BCUT2D eigenvalue weighted by Crippen LogP contribution is -2.37. The van der Waals surface area contributed by atoms with Crippen molar-refractivity contribution >= 4 is 33.2 Å². The summed E-state index contributed by atoms with van der Waals surface area (Å²) in [7, 11) is -5.22. The average molecular weight is 395 g/mol. The quantitative estimate of drug-likeness (QED) is 0.536. The molecule has 1 aliphatic carbocycles. The van der Waals surface area contributed by atoms with Crippen LogP contribution in [0.4, 0.5) is 19.3 Å². The minimum Gasteiger partial charge on any atom is -0.504 e. The molecule has 0 bridgehead atoms. The van der Waals surface area contributed by atoms with Crippen LogP contribution in [0, 0.1) is 0 Å². The van der Waals surface area contributed by atoms with Gasteiger partial charge in [0.05, 0.1) is 16.8 Å². The maximum atomic E-state index is 13.4. The van der Waals surface area contributed by atoms with Crippen molar-refractivity contribution in [2.24, 2.45) is 0 Å². The number of allylic oxidation sites excluding steroid dienone is 1. The van der Waals surface area contributed by atoms with Crippen molar-refractivity contribution in [3.05, 3.63) is 28.8 Å². The molecule has 0 spiro atoms. The van der Waals surface area contributed by atoms with E-state index in [1.165, 1.54) is 0 Å². The Morgan fingerprint density at radius 3 is 2.56 bits per heavy atom. The fourth-order valence-electron chi connectivity index (χ4n) is 2.43. The number of nitrogens with one attached hydrogen (secondary N) is 2. The van der Waals surface area contributed by atoms with Gasteiger partial charge in [-0.3, -0.25) is 0 Å². The summed E-state index contributed by atoms with van der Waals surface area (Å²) >= 11 is 5.68.